The summed E-state index contributed by atoms with van der Waals surface area (Å²) in [5, 5.41) is 2.18. The zero-order chi connectivity index (χ0) is 44.5. The van der Waals surface area contributed by atoms with E-state index in [0.29, 0.717) is 5.95 Å². The number of nitrogens with zero attached hydrogens (tertiary/aromatic N) is 4. The van der Waals surface area contributed by atoms with Crippen LogP contribution in [0.4, 0.5) is 0 Å². The minimum Gasteiger partial charge on any atom is -0.278 e. The largest absolute Gasteiger partial charge is 0.278 e. The summed E-state index contributed by atoms with van der Waals surface area (Å²) >= 11 is 0. The third-order valence-electron chi connectivity index (χ3n) is 12.6. The molecule has 0 bridgehead atoms. The number of hydrogen-bond donors (Lipinski definition) is 0. The quantitative estimate of drug-likeness (QED) is 0.145. The SMILES string of the molecule is c1ccc(-c2cc(-c3ccccc3)cc(-c3ccc4c(c3)c3cc(-c5cc(-c6ccccc6)cc(-c6ccccc6)n5)ccc3n4-c3nc(-c4ccccc4)cc(-c4ccccc4)n3)c2)cc1. The van der Waals surface area contributed by atoms with Crippen LogP contribution in [0.5, 0.6) is 0 Å². The van der Waals surface area contributed by atoms with E-state index in [4.69, 9.17) is 15.0 Å². The Kier molecular flexibility index (Phi) is 10.2. The highest BCUT2D eigenvalue weighted by Gasteiger charge is 2.20. The first-order chi connectivity index (χ1) is 33.2. The second-order valence-electron chi connectivity index (χ2n) is 16.9. The first-order valence-corrected chi connectivity index (χ1v) is 22.7. The Hall–Kier alpha value is -8.99. The summed E-state index contributed by atoms with van der Waals surface area (Å²) in [7, 11) is 0. The Morgan fingerprint density at radius 3 is 0.940 bits per heavy atom. The number of aromatic nitrogens is 4. The van der Waals surface area contributed by atoms with Crippen molar-refractivity contribution in [1.29, 1.82) is 0 Å². The molecule has 0 aliphatic carbocycles. The van der Waals surface area contributed by atoms with E-state index in [2.05, 4.69) is 241 Å². The fourth-order valence-corrected chi connectivity index (χ4v) is 9.25. The molecule has 4 nitrogen and oxygen atoms in total. The van der Waals surface area contributed by atoms with E-state index in [0.717, 1.165) is 89.1 Å². The van der Waals surface area contributed by atoms with E-state index >= 15 is 0 Å². The van der Waals surface area contributed by atoms with Gasteiger partial charge in [-0.15, -0.1) is 0 Å². The molecule has 3 heterocycles. The first-order valence-electron chi connectivity index (χ1n) is 22.7. The van der Waals surface area contributed by atoms with Gasteiger partial charge >= 0.3 is 0 Å². The average Bonchev–Trinajstić information content (AvgIpc) is 3.75. The second-order valence-corrected chi connectivity index (χ2v) is 16.9. The lowest BCUT2D eigenvalue weighted by Gasteiger charge is -2.13. The summed E-state index contributed by atoms with van der Waals surface area (Å²) in [6, 6.07) is 90.0. The van der Waals surface area contributed by atoms with E-state index < -0.39 is 0 Å². The Morgan fingerprint density at radius 1 is 0.209 bits per heavy atom. The molecule has 0 atom stereocenters. The van der Waals surface area contributed by atoms with Crippen LogP contribution < -0.4 is 0 Å². The number of fused-ring (bicyclic) bond motifs is 3. The van der Waals surface area contributed by atoms with Gasteiger partial charge in [0.1, 0.15) is 0 Å². The fraction of sp³-hybridized carbons (Fsp3) is 0. The van der Waals surface area contributed by atoms with Gasteiger partial charge in [-0.25, -0.2) is 15.0 Å². The van der Waals surface area contributed by atoms with Gasteiger partial charge in [0.05, 0.1) is 33.8 Å². The highest BCUT2D eigenvalue weighted by Crippen LogP contribution is 2.40. The van der Waals surface area contributed by atoms with E-state index in [1.165, 1.54) is 22.3 Å². The van der Waals surface area contributed by atoms with Crippen LogP contribution in [-0.2, 0) is 0 Å². The van der Waals surface area contributed by atoms with Crippen molar-refractivity contribution in [2.24, 2.45) is 0 Å². The zero-order valence-electron chi connectivity index (χ0n) is 36.5. The van der Waals surface area contributed by atoms with Crippen molar-refractivity contribution in [3.05, 3.63) is 255 Å². The molecule has 0 fully saturated rings. The maximum atomic E-state index is 5.35. The average molecular weight is 855 g/mol. The lowest BCUT2D eigenvalue weighted by atomic mass is 9.93. The van der Waals surface area contributed by atoms with E-state index in [1.54, 1.807) is 0 Å². The molecule has 0 aliphatic rings. The van der Waals surface area contributed by atoms with Crippen molar-refractivity contribution < 1.29 is 0 Å². The van der Waals surface area contributed by atoms with Gasteiger partial charge in [0.25, 0.3) is 0 Å². The normalized spacial score (nSPS) is 11.3. The molecular weight excluding hydrogens is 813 g/mol. The summed E-state index contributed by atoms with van der Waals surface area (Å²) in [5.41, 5.74) is 18.9. The molecule has 4 heteroatoms. The molecule has 0 saturated carbocycles. The van der Waals surface area contributed by atoms with E-state index in [-0.39, 0.29) is 0 Å². The lowest BCUT2D eigenvalue weighted by molar-refractivity contribution is 0.995. The molecule has 0 amide bonds. The molecule has 3 aromatic heterocycles. The van der Waals surface area contributed by atoms with Crippen LogP contribution in [0.15, 0.2) is 255 Å². The van der Waals surface area contributed by atoms with Gasteiger partial charge in [-0.3, -0.25) is 4.57 Å². The third kappa shape index (κ3) is 7.77. The van der Waals surface area contributed by atoms with Crippen LogP contribution in [0.3, 0.4) is 0 Å². The molecule has 0 spiro atoms. The summed E-state index contributed by atoms with van der Waals surface area (Å²) in [6.07, 6.45) is 0. The number of hydrogen-bond acceptors (Lipinski definition) is 3. The monoisotopic (exact) mass is 854 g/mol. The fourth-order valence-electron chi connectivity index (χ4n) is 9.25. The molecule has 0 saturated heterocycles. The predicted octanol–water partition coefficient (Wildman–Crippen LogP) is 16.3. The maximum Gasteiger partial charge on any atom is 0.235 e. The van der Waals surface area contributed by atoms with Crippen LogP contribution in [0.2, 0.25) is 0 Å². The zero-order valence-corrected chi connectivity index (χ0v) is 36.5. The molecule has 12 aromatic rings. The molecule has 0 N–H and O–H groups in total. The van der Waals surface area contributed by atoms with Gasteiger partial charge in [0, 0.05) is 33.0 Å². The van der Waals surface area contributed by atoms with E-state index in [9.17, 15) is 0 Å². The van der Waals surface area contributed by atoms with Crippen LogP contribution in [0.25, 0.3) is 117 Å². The van der Waals surface area contributed by atoms with Gasteiger partial charge in [0.15, 0.2) is 0 Å². The second kappa shape index (κ2) is 17.2. The van der Waals surface area contributed by atoms with Crippen molar-refractivity contribution in [2.45, 2.75) is 0 Å². The lowest BCUT2D eigenvalue weighted by Crippen LogP contribution is -2.04. The molecule has 67 heavy (non-hydrogen) atoms. The molecule has 0 radical (unpaired) electrons. The Bertz CT molecular complexity index is 3340. The molecule has 314 valence electrons. The molecule has 9 aromatic carbocycles. The van der Waals surface area contributed by atoms with Crippen molar-refractivity contribution in [1.82, 2.24) is 19.5 Å². The smallest absolute Gasteiger partial charge is 0.235 e. The first kappa shape index (κ1) is 39.6. The third-order valence-corrected chi connectivity index (χ3v) is 12.6. The van der Waals surface area contributed by atoms with Crippen molar-refractivity contribution in [3.8, 4) is 95.5 Å². The van der Waals surface area contributed by atoms with Crippen LogP contribution in [0.1, 0.15) is 0 Å². The number of benzene rings is 9. The topological polar surface area (TPSA) is 43.6 Å². The molecule has 0 unspecified atom stereocenters. The summed E-state index contributed by atoms with van der Waals surface area (Å²) < 4.78 is 2.23. The minimum absolute atomic E-state index is 0.605. The number of rotatable bonds is 9. The maximum absolute atomic E-state index is 5.35. The summed E-state index contributed by atoms with van der Waals surface area (Å²) in [4.78, 5) is 16.1. The van der Waals surface area contributed by atoms with Crippen molar-refractivity contribution in [2.75, 3.05) is 0 Å². The van der Waals surface area contributed by atoms with Crippen LogP contribution in [-0.4, -0.2) is 19.5 Å². The van der Waals surface area contributed by atoms with Crippen molar-refractivity contribution >= 4 is 21.8 Å². The van der Waals surface area contributed by atoms with Gasteiger partial charge in [-0.1, -0.05) is 194 Å². The number of pyridine rings is 1. The van der Waals surface area contributed by atoms with Gasteiger partial charge in [-0.2, -0.15) is 0 Å². The molecular formula is C63H42N4. The van der Waals surface area contributed by atoms with Crippen LogP contribution in [0, 0.1) is 0 Å². The minimum atomic E-state index is 0.605. The Labute approximate surface area is 389 Å². The van der Waals surface area contributed by atoms with E-state index in [1.807, 2.05) is 18.2 Å². The standard InChI is InChI=1S/C63H42N4/c1-7-19-43(20-8-1)51-35-52(44-21-9-2-10-22-44)37-53(36-51)49-31-33-61-55(38-49)56-39-50(58-41-54(45-23-11-3-12-24-45)40-57(64-58)46-25-13-4-14-26-46)32-34-62(56)67(61)63-65-59(47-27-15-5-16-28-47)42-60(66-63)48-29-17-6-18-30-48/h1-42H. The van der Waals surface area contributed by atoms with Gasteiger partial charge in [0.2, 0.25) is 5.95 Å². The summed E-state index contributed by atoms with van der Waals surface area (Å²) in [5.74, 6) is 0.605. The predicted molar refractivity (Wildman–Crippen MR) is 278 cm³/mol. The van der Waals surface area contributed by atoms with Gasteiger partial charge < -0.3 is 0 Å². The highest BCUT2D eigenvalue weighted by atomic mass is 15.2. The highest BCUT2D eigenvalue weighted by molar-refractivity contribution is 6.11. The Balaban J connectivity index is 1.11. The van der Waals surface area contributed by atoms with Crippen LogP contribution >= 0.6 is 0 Å². The summed E-state index contributed by atoms with van der Waals surface area (Å²) in [6.45, 7) is 0. The van der Waals surface area contributed by atoms with Gasteiger partial charge in [-0.05, 0) is 105 Å². The molecule has 0 aliphatic heterocycles. The molecule has 12 rings (SSSR count). The van der Waals surface area contributed by atoms with Crippen molar-refractivity contribution in [3.63, 3.8) is 0 Å². The Morgan fingerprint density at radius 2 is 0.522 bits per heavy atom.